The van der Waals surface area contributed by atoms with E-state index in [-0.39, 0.29) is 18.0 Å². The van der Waals surface area contributed by atoms with E-state index in [9.17, 15) is 9.59 Å². The van der Waals surface area contributed by atoms with Gasteiger partial charge in [-0.3, -0.25) is 9.59 Å². The van der Waals surface area contributed by atoms with E-state index in [2.05, 4.69) is 15.5 Å². The van der Waals surface area contributed by atoms with Gasteiger partial charge in [-0.25, -0.2) is 0 Å². The number of benzene rings is 1. The normalized spacial score (nSPS) is 10.4. The number of aromatic nitrogens is 2. The van der Waals surface area contributed by atoms with Gasteiger partial charge in [0.05, 0.1) is 12.1 Å². The average Bonchev–Trinajstić information content (AvgIpc) is 3.03. The smallest absolute Gasteiger partial charge is 0.253 e. The van der Waals surface area contributed by atoms with Crippen molar-refractivity contribution < 1.29 is 9.32 Å². The van der Waals surface area contributed by atoms with Gasteiger partial charge in [0, 0.05) is 23.9 Å². The molecule has 2 heterocycles. The number of amides is 1. The highest BCUT2D eigenvalue weighted by Gasteiger charge is 2.09. The molecule has 0 aliphatic heterocycles. The Hall–Kier alpha value is -3.15. The Labute approximate surface area is 125 Å². The van der Waals surface area contributed by atoms with Crippen molar-refractivity contribution in [3.8, 4) is 11.3 Å². The van der Waals surface area contributed by atoms with Crippen molar-refractivity contribution in [1.82, 2.24) is 15.5 Å². The van der Waals surface area contributed by atoms with Crippen LogP contribution < -0.4 is 10.9 Å². The summed E-state index contributed by atoms with van der Waals surface area (Å²) in [5.74, 6) is 0.255. The Balaban J connectivity index is 1.65. The predicted octanol–water partition coefficient (Wildman–Crippen LogP) is 1.96. The number of carbonyl (C=O) groups excluding carboxylic acids is 1. The average molecular weight is 295 g/mol. The second kappa shape index (κ2) is 6.09. The van der Waals surface area contributed by atoms with E-state index in [0.29, 0.717) is 17.0 Å². The Morgan fingerprint density at radius 3 is 2.73 bits per heavy atom. The fourth-order valence-electron chi connectivity index (χ4n) is 1.96. The number of carbonyl (C=O) groups is 1. The van der Waals surface area contributed by atoms with Gasteiger partial charge in [-0.15, -0.1) is 0 Å². The first-order chi connectivity index (χ1) is 10.7. The van der Waals surface area contributed by atoms with Crippen molar-refractivity contribution in [3.05, 3.63) is 76.4 Å². The molecule has 0 radical (unpaired) electrons. The molecule has 0 saturated carbocycles. The first-order valence-corrected chi connectivity index (χ1v) is 6.70. The van der Waals surface area contributed by atoms with E-state index in [1.165, 1.54) is 18.3 Å². The number of pyridine rings is 1. The quantitative estimate of drug-likeness (QED) is 0.770. The number of H-pyrrole nitrogens is 1. The minimum Gasteiger partial charge on any atom is -0.359 e. The molecule has 3 rings (SSSR count). The minimum absolute atomic E-state index is 0.220. The molecule has 6 nitrogen and oxygen atoms in total. The van der Waals surface area contributed by atoms with Crippen LogP contribution >= 0.6 is 0 Å². The number of nitrogens with one attached hydrogen (secondary N) is 2. The molecule has 0 aliphatic carbocycles. The van der Waals surface area contributed by atoms with Gasteiger partial charge >= 0.3 is 0 Å². The highest BCUT2D eigenvalue weighted by Crippen LogP contribution is 2.18. The van der Waals surface area contributed by atoms with Crippen LogP contribution in [-0.4, -0.2) is 16.0 Å². The molecule has 22 heavy (non-hydrogen) atoms. The molecule has 0 bridgehead atoms. The monoisotopic (exact) mass is 295 g/mol. The molecule has 0 unspecified atom stereocenters. The van der Waals surface area contributed by atoms with E-state index >= 15 is 0 Å². The molecule has 1 amide bonds. The van der Waals surface area contributed by atoms with E-state index < -0.39 is 0 Å². The third-order valence-corrected chi connectivity index (χ3v) is 3.10. The van der Waals surface area contributed by atoms with Crippen LogP contribution in [0.25, 0.3) is 11.3 Å². The Morgan fingerprint density at radius 1 is 1.18 bits per heavy atom. The van der Waals surface area contributed by atoms with Gasteiger partial charge in [0.1, 0.15) is 5.69 Å². The van der Waals surface area contributed by atoms with Crippen LogP contribution in [0.2, 0.25) is 0 Å². The van der Waals surface area contributed by atoms with Crippen LogP contribution in [0.3, 0.4) is 0 Å². The maximum atomic E-state index is 11.9. The lowest BCUT2D eigenvalue weighted by Gasteiger charge is -2.01. The van der Waals surface area contributed by atoms with Crippen LogP contribution in [0.5, 0.6) is 0 Å². The van der Waals surface area contributed by atoms with Gasteiger partial charge < -0.3 is 14.8 Å². The number of rotatable bonds is 4. The van der Waals surface area contributed by atoms with Crippen molar-refractivity contribution in [2.24, 2.45) is 0 Å². The predicted molar refractivity (Wildman–Crippen MR) is 80.2 cm³/mol. The largest absolute Gasteiger partial charge is 0.359 e. The second-order valence-corrected chi connectivity index (χ2v) is 4.67. The molecular weight excluding hydrogens is 282 g/mol. The Morgan fingerprint density at radius 2 is 2.00 bits per heavy atom. The first kappa shape index (κ1) is 13.8. The lowest BCUT2D eigenvalue weighted by atomic mass is 10.1. The van der Waals surface area contributed by atoms with Crippen molar-refractivity contribution in [2.75, 3.05) is 0 Å². The molecule has 0 saturated heterocycles. The summed E-state index contributed by atoms with van der Waals surface area (Å²) in [5.41, 5.74) is 1.79. The maximum Gasteiger partial charge on any atom is 0.253 e. The fraction of sp³-hybridized carbons (Fsp3) is 0.0625. The molecule has 110 valence electrons. The van der Waals surface area contributed by atoms with Crippen molar-refractivity contribution in [3.63, 3.8) is 0 Å². The second-order valence-electron chi connectivity index (χ2n) is 4.67. The summed E-state index contributed by atoms with van der Waals surface area (Å²) < 4.78 is 5.20. The molecule has 0 atom stereocenters. The fourth-order valence-corrected chi connectivity index (χ4v) is 1.96. The highest BCUT2D eigenvalue weighted by atomic mass is 16.5. The van der Waals surface area contributed by atoms with Crippen molar-refractivity contribution in [2.45, 2.75) is 6.54 Å². The van der Waals surface area contributed by atoms with Crippen LogP contribution in [0, 0.1) is 0 Å². The van der Waals surface area contributed by atoms with Gasteiger partial charge in [0.2, 0.25) is 5.56 Å². The third-order valence-electron chi connectivity index (χ3n) is 3.10. The van der Waals surface area contributed by atoms with Crippen LogP contribution in [0.1, 0.15) is 16.1 Å². The molecule has 2 N–H and O–H groups in total. The lowest BCUT2D eigenvalue weighted by Crippen LogP contribution is -2.23. The van der Waals surface area contributed by atoms with Gasteiger partial charge in [0.15, 0.2) is 5.76 Å². The summed E-state index contributed by atoms with van der Waals surface area (Å²) in [6, 6.07) is 14.2. The standard InChI is InChI=1S/C16H13N3O3/c20-15-7-6-12(9-17-15)16(21)18-10-13-8-14(19-22-13)11-4-2-1-3-5-11/h1-9H,10H2,(H,17,20)(H,18,21). The third kappa shape index (κ3) is 3.12. The number of hydrogen-bond donors (Lipinski definition) is 2. The molecular formula is C16H13N3O3. The number of hydrogen-bond acceptors (Lipinski definition) is 4. The van der Waals surface area contributed by atoms with E-state index in [0.717, 1.165) is 5.56 Å². The molecule has 6 heteroatoms. The number of nitrogens with zero attached hydrogens (tertiary/aromatic N) is 1. The molecule has 0 fully saturated rings. The summed E-state index contributed by atoms with van der Waals surface area (Å²) in [5, 5.41) is 6.68. The minimum atomic E-state index is -0.297. The Kier molecular flexibility index (Phi) is 3.82. The lowest BCUT2D eigenvalue weighted by molar-refractivity contribution is 0.0946. The maximum absolute atomic E-state index is 11.9. The van der Waals surface area contributed by atoms with Crippen LogP contribution in [-0.2, 0) is 6.54 Å². The molecule has 0 aliphatic rings. The highest BCUT2D eigenvalue weighted by molar-refractivity contribution is 5.93. The van der Waals surface area contributed by atoms with Crippen LogP contribution in [0.15, 0.2) is 64.0 Å². The summed E-state index contributed by atoms with van der Waals surface area (Å²) in [7, 11) is 0. The van der Waals surface area contributed by atoms with Gasteiger partial charge in [-0.05, 0) is 6.07 Å². The van der Waals surface area contributed by atoms with Gasteiger partial charge in [-0.1, -0.05) is 35.5 Å². The summed E-state index contributed by atoms with van der Waals surface area (Å²) in [4.78, 5) is 25.3. The van der Waals surface area contributed by atoms with E-state index in [1.54, 1.807) is 6.07 Å². The zero-order chi connectivity index (χ0) is 15.4. The van der Waals surface area contributed by atoms with Crippen LogP contribution in [0.4, 0.5) is 0 Å². The molecule has 2 aromatic heterocycles. The van der Waals surface area contributed by atoms with Gasteiger partial charge in [0.25, 0.3) is 5.91 Å². The first-order valence-electron chi connectivity index (χ1n) is 6.70. The zero-order valence-electron chi connectivity index (χ0n) is 11.6. The Bertz CT molecular complexity index is 817. The zero-order valence-corrected chi connectivity index (χ0v) is 11.6. The molecule has 1 aromatic carbocycles. The van der Waals surface area contributed by atoms with Gasteiger partial charge in [-0.2, -0.15) is 0 Å². The molecule has 0 spiro atoms. The van der Waals surface area contributed by atoms with E-state index in [4.69, 9.17) is 4.52 Å². The van der Waals surface area contributed by atoms with E-state index in [1.807, 2.05) is 30.3 Å². The summed E-state index contributed by atoms with van der Waals surface area (Å²) in [6.45, 7) is 0.220. The SMILES string of the molecule is O=C(NCc1cc(-c2ccccc2)no1)c1ccc(=O)[nH]c1. The molecule has 3 aromatic rings. The number of aromatic amines is 1. The van der Waals surface area contributed by atoms with Crippen molar-refractivity contribution >= 4 is 5.91 Å². The summed E-state index contributed by atoms with van der Waals surface area (Å²) in [6.07, 6.45) is 1.37. The summed E-state index contributed by atoms with van der Waals surface area (Å²) >= 11 is 0. The topological polar surface area (TPSA) is 88.0 Å². The van der Waals surface area contributed by atoms with Crippen molar-refractivity contribution in [1.29, 1.82) is 0 Å².